The molecule has 4 nitrogen and oxygen atoms in total. The molecule has 0 fully saturated rings. The minimum absolute atomic E-state index is 0.0626. The number of nitrogens with zero attached hydrogens (tertiary/aromatic N) is 3. The van der Waals surface area contributed by atoms with Gasteiger partial charge in [0.2, 0.25) is 0 Å². The lowest BCUT2D eigenvalue weighted by molar-refractivity contribution is -0.137. The molecule has 0 saturated carbocycles. The number of ether oxygens (including phenoxy) is 1. The molecule has 0 aliphatic heterocycles. The number of hydrogen-bond donors (Lipinski definition) is 0. The second kappa shape index (κ2) is 7.93. The van der Waals surface area contributed by atoms with E-state index < -0.39 is 11.7 Å². The van der Waals surface area contributed by atoms with E-state index in [9.17, 15) is 13.2 Å². The van der Waals surface area contributed by atoms with E-state index in [1.165, 1.54) is 4.90 Å². The Kier molecular flexibility index (Phi) is 6.10. The molecule has 0 unspecified atom stereocenters. The molecule has 0 aliphatic rings. The average molecular weight is 367 g/mol. The maximum atomic E-state index is 13.4. The highest BCUT2D eigenvalue weighted by atomic mass is 19.4. The van der Waals surface area contributed by atoms with E-state index in [-0.39, 0.29) is 17.7 Å². The zero-order valence-electron chi connectivity index (χ0n) is 15.6. The van der Waals surface area contributed by atoms with E-state index in [1.807, 2.05) is 26.0 Å². The fourth-order valence-corrected chi connectivity index (χ4v) is 2.33. The average Bonchev–Trinajstić information content (AvgIpc) is 2.58. The van der Waals surface area contributed by atoms with Crippen LogP contribution in [0.25, 0.3) is 0 Å². The van der Waals surface area contributed by atoms with Crippen molar-refractivity contribution in [3.05, 3.63) is 41.6 Å². The van der Waals surface area contributed by atoms with Crippen LogP contribution in [0.15, 0.2) is 30.5 Å². The van der Waals surface area contributed by atoms with Gasteiger partial charge in [0, 0.05) is 18.9 Å². The quantitative estimate of drug-likeness (QED) is 0.683. The fraction of sp³-hybridized carbons (Fsp3) is 0.474. The molecule has 2 aromatic rings. The molecule has 2 rings (SSSR count). The van der Waals surface area contributed by atoms with Crippen LogP contribution in [-0.2, 0) is 6.18 Å². The first kappa shape index (κ1) is 20.0. The van der Waals surface area contributed by atoms with Crippen LogP contribution in [0.4, 0.5) is 24.7 Å². The van der Waals surface area contributed by atoms with Gasteiger partial charge in [-0.3, -0.25) is 0 Å². The third-order valence-corrected chi connectivity index (χ3v) is 3.86. The maximum absolute atomic E-state index is 13.4. The van der Waals surface area contributed by atoms with Crippen LogP contribution in [0.3, 0.4) is 0 Å². The van der Waals surface area contributed by atoms with E-state index in [1.54, 1.807) is 19.2 Å². The summed E-state index contributed by atoms with van der Waals surface area (Å²) in [4.78, 5) is 9.13. The molecule has 0 bridgehead atoms. The van der Waals surface area contributed by atoms with E-state index in [4.69, 9.17) is 4.74 Å². The van der Waals surface area contributed by atoms with E-state index in [0.29, 0.717) is 18.2 Å². The van der Waals surface area contributed by atoms with E-state index >= 15 is 0 Å². The summed E-state index contributed by atoms with van der Waals surface area (Å²) < 4.78 is 45.6. The van der Waals surface area contributed by atoms with Gasteiger partial charge in [0.15, 0.2) is 5.82 Å². The maximum Gasteiger partial charge on any atom is 0.421 e. The van der Waals surface area contributed by atoms with Crippen LogP contribution < -0.4 is 9.64 Å². The molecule has 7 heteroatoms. The van der Waals surface area contributed by atoms with Gasteiger partial charge in [0.05, 0.1) is 6.61 Å². The van der Waals surface area contributed by atoms with E-state index in [0.717, 1.165) is 11.8 Å². The Morgan fingerprint density at radius 3 is 2.19 bits per heavy atom. The monoisotopic (exact) mass is 367 g/mol. The lowest BCUT2D eigenvalue weighted by Crippen LogP contribution is -2.20. The Balaban J connectivity index is 2.41. The van der Waals surface area contributed by atoms with Gasteiger partial charge in [0.25, 0.3) is 0 Å². The minimum atomic E-state index is -4.56. The highest BCUT2D eigenvalue weighted by molar-refractivity contribution is 5.63. The minimum Gasteiger partial charge on any atom is -0.463 e. The van der Waals surface area contributed by atoms with Crippen molar-refractivity contribution in [2.75, 3.05) is 18.6 Å². The standard InChI is InChI=1S/C19H24F3N3O/c1-12(2)11-26-18-23-10-16(19(20,21)22)17(24-18)25(5)15-8-6-14(7-9-15)13(3)4/h6-10,12-13H,11H2,1-5H3. The van der Waals surface area contributed by atoms with Gasteiger partial charge in [0.1, 0.15) is 5.56 Å². The Labute approximate surface area is 152 Å². The summed E-state index contributed by atoms with van der Waals surface area (Å²) in [5.74, 6) is 0.324. The highest BCUT2D eigenvalue weighted by Crippen LogP contribution is 2.37. The summed E-state index contributed by atoms with van der Waals surface area (Å²) in [6.45, 7) is 8.32. The molecule has 0 radical (unpaired) electrons. The van der Waals surface area contributed by atoms with Gasteiger partial charge in [-0.05, 0) is 29.5 Å². The first-order valence-electron chi connectivity index (χ1n) is 8.50. The lowest BCUT2D eigenvalue weighted by atomic mass is 10.0. The molecule has 1 aromatic heterocycles. The Hall–Kier alpha value is -2.31. The first-order valence-corrected chi connectivity index (χ1v) is 8.50. The van der Waals surface area contributed by atoms with Gasteiger partial charge in [-0.15, -0.1) is 0 Å². The summed E-state index contributed by atoms with van der Waals surface area (Å²) in [5, 5.41) is 0. The summed E-state index contributed by atoms with van der Waals surface area (Å²) in [7, 11) is 1.55. The van der Waals surface area contributed by atoms with Crippen molar-refractivity contribution in [1.82, 2.24) is 9.97 Å². The Morgan fingerprint density at radius 1 is 1.08 bits per heavy atom. The van der Waals surface area contributed by atoms with Crippen molar-refractivity contribution in [2.45, 2.75) is 39.8 Å². The molecular weight excluding hydrogens is 343 g/mol. The van der Waals surface area contributed by atoms with Crippen LogP contribution in [0.1, 0.15) is 44.7 Å². The van der Waals surface area contributed by atoms with Crippen LogP contribution in [0, 0.1) is 5.92 Å². The Bertz CT molecular complexity index is 728. The number of halogens is 3. The molecule has 26 heavy (non-hydrogen) atoms. The number of anilines is 2. The zero-order valence-corrected chi connectivity index (χ0v) is 15.6. The molecule has 0 N–H and O–H groups in total. The third kappa shape index (κ3) is 4.86. The molecular formula is C19H24F3N3O. The number of hydrogen-bond acceptors (Lipinski definition) is 4. The SMILES string of the molecule is CC(C)COc1ncc(C(F)(F)F)c(N(C)c2ccc(C(C)C)cc2)n1. The van der Waals surface area contributed by atoms with Crippen LogP contribution in [0.2, 0.25) is 0 Å². The van der Waals surface area contributed by atoms with Crippen molar-refractivity contribution >= 4 is 11.5 Å². The van der Waals surface area contributed by atoms with Crippen LogP contribution in [-0.4, -0.2) is 23.6 Å². The van der Waals surface area contributed by atoms with Crippen molar-refractivity contribution in [2.24, 2.45) is 5.92 Å². The summed E-state index contributed by atoms with van der Waals surface area (Å²) >= 11 is 0. The molecule has 1 aromatic carbocycles. The topological polar surface area (TPSA) is 38.2 Å². The molecule has 0 saturated heterocycles. The molecule has 1 heterocycles. The summed E-state index contributed by atoms with van der Waals surface area (Å²) in [6.07, 6.45) is -3.78. The normalized spacial score (nSPS) is 11.9. The lowest BCUT2D eigenvalue weighted by Gasteiger charge is -2.23. The van der Waals surface area contributed by atoms with Crippen molar-refractivity contribution in [1.29, 1.82) is 0 Å². The highest BCUT2D eigenvalue weighted by Gasteiger charge is 2.36. The predicted molar refractivity (Wildman–Crippen MR) is 96.0 cm³/mol. The van der Waals surface area contributed by atoms with E-state index in [2.05, 4.69) is 23.8 Å². The van der Waals surface area contributed by atoms with Crippen molar-refractivity contribution in [3.8, 4) is 6.01 Å². The number of rotatable bonds is 6. The number of aromatic nitrogens is 2. The predicted octanol–water partition coefficient (Wildman–Crippen LogP) is 5.42. The molecule has 142 valence electrons. The molecule has 0 spiro atoms. The van der Waals surface area contributed by atoms with Gasteiger partial charge in [-0.25, -0.2) is 4.98 Å². The molecule has 0 atom stereocenters. The van der Waals surface area contributed by atoms with Gasteiger partial charge < -0.3 is 9.64 Å². The van der Waals surface area contributed by atoms with Crippen molar-refractivity contribution < 1.29 is 17.9 Å². The Morgan fingerprint density at radius 2 is 1.69 bits per heavy atom. The third-order valence-electron chi connectivity index (χ3n) is 3.86. The first-order chi connectivity index (χ1) is 12.1. The summed E-state index contributed by atoms with van der Waals surface area (Å²) in [6, 6.07) is 7.31. The van der Waals surface area contributed by atoms with Gasteiger partial charge >= 0.3 is 12.2 Å². The number of alkyl halides is 3. The van der Waals surface area contributed by atoms with Gasteiger partial charge in [-0.2, -0.15) is 18.2 Å². The molecule has 0 amide bonds. The second-order valence-electron chi connectivity index (χ2n) is 6.90. The van der Waals surface area contributed by atoms with Gasteiger partial charge in [-0.1, -0.05) is 39.8 Å². The zero-order chi connectivity index (χ0) is 19.5. The van der Waals surface area contributed by atoms with Crippen molar-refractivity contribution in [3.63, 3.8) is 0 Å². The second-order valence-corrected chi connectivity index (χ2v) is 6.90. The fourth-order valence-electron chi connectivity index (χ4n) is 2.33. The smallest absolute Gasteiger partial charge is 0.421 e. The van der Waals surface area contributed by atoms with Crippen LogP contribution in [0.5, 0.6) is 6.01 Å². The largest absolute Gasteiger partial charge is 0.463 e. The molecule has 0 aliphatic carbocycles. The number of benzene rings is 1. The summed E-state index contributed by atoms with van der Waals surface area (Å²) in [5.41, 5.74) is 0.820. The van der Waals surface area contributed by atoms with Crippen LogP contribution >= 0.6 is 0 Å².